The summed E-state index contributed by atoms with van der Waals surface area (Å²) in [5.41, 5.74) is 1.49. The van der Waals surface area contributed by atoms with Crippen molar-refractivity contribution in [3.63, 3.8) is 0 Å². The highest BCUT2D eigenvalue weighted by atomic mass is 35.5. The minimum Gasteiger partial charge on any atom is -0.508 e. The molecule has 0 saturated heterocycles. The molecular weight excluding hydrogens is 420 g/mol. The largest absolute Gasteiger partial charge is 0.508 e. The molecule has 4 rings (SSSR count). The summed E-state index contributed by atoms with van der Waals surface area (Å²) in [6, 6.07) is 10.4. The van der Waals surface area contributed by atoms with Crippen LogP contribution >= 0.6 is 11.6 Å². The second-order valence-corrected chi connectivity index (χ2v) is 9.18. The fourth-order valence-corrected chi connectivity index (χ4v) is 4.67. The Morgan fingerprint density at radius 1 is 1.13 bits per heavy atom. The lowest BCUT2D eigenvalue weighted by molar-refractivity contribution is -0.384. The first-order valence-electron chi connectivity index (χ1n) is 9.89. The van der Waals surface area contributed by atoms with E-state index in [1.165, 1.54) is 35.2 Å². The van der Waals surface area contributed by atoms with Gasteiger partial charge < -0.3 is 5.11 Å². The van der Waals surface area contributed by atoms with Crippen molar-refractivity contribution >= 4 is 34.7 Å². The number of allylic oxidation sites excluding steroid dienone is 2. The number of halogens is 1. The molecule has 0 radical (unpaired) electrons. The molecule has 1 aliphatic carbocycles. The van der Waals surface area contributed by atoms with E-state index in [4.69, 9.17) is 11.6 Å². The number of phenolic OH excluding ortho intramolecular Hbond substituents is 1. The summed E-state index contributed by atoms with van der Waals surface area (Å²) in [5.74, 6) is -0.685. The molecule has 31 heavy (non-hydrogen) atoms. The van der Waals surface area contributed by atoms with Gasteiger partial charge in [0.1, 0.15) is 5.75 Å². The van der Waals surface area contributed by atoms with Crippen molar-refractivity contribution in [2.45, 2.75) is 39.0 Å². The van der Waals surface area contributed by atoms with Crippen molar-refractivity contribution < 1.29 is 19.6 Å². The first kappa shape index (κ1) is 21.1. The van der Waals surface area contributed by atoms with Gasteiger partial charge in [-0.3, -0.25) is 24.6 Å². The van der Waals surface area contributed by atoms with Crippen LogP contribution in [0.2, 0.25) is 5.02 Å². The SMILES string of the molecule is CC1(C)CC(=O)C2=C(C1)N(c1cc([N+](=O)[O-])ccc1Cl)C(=O)CC2c1ccc(O)cc1. The van der Waals surface area contributed by atoms with E-state index in [-0.39, 0.29) is 45.7 Å². The highest BCUT2D eigenvalue weighted by molar-refractivity contribution is 6.34. The van der Waals surface area contributed by atoms with Gasteiger partial charge in [0.15, 0.2) is 5.78 Å². The third-order valence-electron chi connectivity index (χ3n) is 5.82. The van der Waals surface area contributed by atoms with Gasteiger partial charge in [-0.15, -0.1) is 0 Å². The molecular formula is C23H21ClN2O5. The summed E-state index contributed by atoms with van der Waals surface area (Å²) in [5, 5.41) is 21.1. The van der Waals surface area contributed by atoms with Crippen LogP contribution in [-0.4, -0.2) is 21.7 Å². The summed E-state index contributed by atoms with van der Waals surface area (Å²) in [6.45, 7) is 3.91. The van der Waals surface area contributed by atoms with Crippen molar-refractivity contribution in [3.05, 3.63) is 74.4 Å². The van der Waals surface area contributed by atoms with Gasteiger partial charge in [0, 0.05) is 42.2 Å². The predicted octanol–water partition coefficient (Wildman–Crippen LogP) is 5.12. The van der Waals surface area contributed by atoms with E-state index < -0.39 is 10.8 Å². The Kier molecular flexibility index (Phi) is 5.09. The Hall–Kier alpha value is -3.19. The lowest BCUT2D eigenvalue weighted by atomic mass is 9.69. The van der Waals surface area contributed by atoms with Gasteiger partial charge >= 0.3 is 0 Å². The number of non-ortho nitro benzene ring substituents is 1. The first-order valence-corrected chi connectivity index (χ1v) is 10.3. The van der Waals surface area contributed by atoms with Crippen LogP contribution in [0.4, 0.5) is 11.4 Å². The molecule has 2 aromatic rings. The summed E-state index contributed by atoms with van der Waals surface area (Å²) in [4.78, 5) is 38.8. The molecule has 0 aromatic heterocycles. The summed E-state index contributed by atoms with van der Waals surface area (Å²) in [7, 11) is 0. The fraction of sp³-hybridized carbons (Fsp3) is 0.304. The highest BCUT2D eigenvalue weighted by Gasteiger charge is 2.44. The zero-order valence-electron chi connectivity index (χ0n) is 17.1. The number of nitro groups is 1. The predicted molar refractivity (Wildman–Crippen MR) is 116 cm³/mol. The third kappa shape index (κ3) is 3.81. The fourth-order valence-electron chi connectivity index (χ4n) is 4.47. The van der Waals surface area contributed by atoms with Crippen LogP contribution in [0, 0.1) is 15.5 Å². The van der Waals surface area contributed by atoms with Gasteiger partial charge in [-0.2, -0.15) is 0 Å². The van der Waals surface area contributed by atoms with Crippen LogP contribution in [-0.2, 0) is 9.59 Å². The second kappa shape index (κ2) is 7.50. The van der Waals surface area contributed by atoms with E-state index in [9.17, 15) is 24.8 Å². The Labute approximate surface area is 184 Å². The Balaban J connectivity index is 1.93. The number of nitro benzene ring substituents is 1. The van der Waals surface area contributed by atoms with E-state index in [1.54, 1.807) is 12.1 Å². The summed E-state index contributed by atoms with van der Waals surface area (Å²) in [6.07, 6.45) is 0.813. The number of rotatable bonds is 3. The van der Waals surface area contributed by atoms with Crippen LogP contribution in [0.25, 0.3) is 0 Å². The monoisotopic (exact) mass is 440 g/mol. The molecule has 2 aliphatic rings. The van der Waals surface area contributed by atoms with E-state index in [2.05, 4.69) is 0 Å². The molecule has 1 unspecified atom stereocenters. The molecule has 0 saturated carbocycles. The quantitative estimate of drug-likeness (QED) is 0.527. The minimum atomic E-state index is -0.543. The number of phenols is 1. The van der Waals surface area contributed by atoms with Gasteiger partial charge in [0.25, 0.3) is 5.69 Å². The number of carbonyl (C=O) groups is 2. The van der Waals surface area contributed by atoms with Gasteiger partial charge in [0.2, 0.25) is 5.91 Å². The number of carbonyl (C=O) groups excluding carboxylic acids is 2. The molecule has 8 heteroatoms. The number of aromatic hydroxyl groups is 1. The van der Waals surface area contributed by atoms with Crippen LogP contribution in [0.15, 0.2) is 53.7 Å². The summed E-state index contributed by atoms with van der Waals surface area (Å²) >= 11 is 6.36. The van der Waals surface area contributed by atoms with Gasteiger partial charge in [0.05, 0.1) is 15.6 Å². The van der Waals surface area contributed by atoms with Gasteiger partial charge in [-0.25, -0.2) is 0 Å². The lowest BCUT2D eigenvalue weighted by Crippen LogP contribution is -2.43. The normalized spacial score (nSPS) is 20.6. The zero-order valence-corrected chi connectivity index (χ0v) is 17.8. The molecule has 160 valence electrons. The van der Waals surface area contributed by atoms with Gasteiger partial charge in [-0.05, 0) is 35.6 Å². The third-order valence-corrected chi connectivity index (χ3v) is 6.14. The number of Topliss-reactive ketones (excluding diaryl/α,β-unsaturated/α-hetero) is 1. The van der Waals surface area contributed by atoms with Crippen molar-refractivity contribution in [1.29, 1.82) is 0 Å². The van der Waals surface area contributed by atoms with Gasteiger partial charge in [-0.1, -0.05) is 37.6 Å². The Morgan fingerprint density at radius 3 is 2.45 bits per heavy atom. The molecule has 0 bridgehead atoms. The van der Waals surface area contributed by atoms with E-state index in [1.807, 2.05) is 13.8 Å². The average molecular weight is 441 g/mol. The van der Waals surface area contributed by atoms with Crippen LogP contribution in [0.1, 0.15) is 44.6 Å². The van der Waals surface area contributed by atoms with E-state index in [0.717, 1.165) is 5.56 Å². The zero-order chi connectivity index (χ0) is 22.5. The van der Waals surface area contributed by atoms with Crippen LogP contribution < -0.4 is 4.90 Å². The number of hydrogen-bond acceptors (Lipinski definition) is 5. The number of amides is 1. The van der Waals surface area contributed by atoms with E-state index in [0.29, 0.717) is 24.1 Å². The maximum absolute atomic E-state index is 13.4. The number of anilines is 1. The minimum absolute atomic E-state index is 0.0226. The second-order valence-electron chi connectivity index (χ2n) is 8.77. The molecule has 1 amide bonds. The van der Waals surface area contributed by atoms with Crippen molar-refractivity contribution in [1.82, 2.24) is 0 Å². The standard InChI is InChI=1S/C23H21ClN2O5/c1-23(2)11-19-22(20(28)12-23)16(13-3-6-15(27)7-4-13)10-21(29)25(19)18-9-14(26(30)31)5-8-17(18)24/h3-9,16,27H,10-12H2,1-2H3. The van der Waals surface area contributed by atoms with Crippen LogP contribution in [0.5, 0.6) is 5.75 Å². The lowest BCUT2D eigenvalue weighted by Gasteiger charge is -2.43. The van der Waals surface area contributed by atoms with Crippen LogP contribution in [0.3, 0.4) is 0 Å². The molecule has 1 N–H and O–H groups in total. The average Bonchev–Trinajstić information content (AvgIpc) is 2.67. The number of benzene rings is 2. The Morgan fingerprint density at radius 2 is 1.81 bits per heavy atom. The molecule has 1 aliphatic heterocycles. The smallest absolute Gasteiger partial charge is 0.271 e. The van der Waals surface area contributed by atoms with Crippen molar-refractivity contribution in [3.8, 4) is 5.75 Å². The number of ketones is 1. The maximum atomic E-state index is 13.4. The highest BCUT2D eigenvalue weighted by Crippen LogP contribution is 2.49. The maximum Gasteiger partial charge on any atom is 0.271 e. The number of nitrogens with zero attached hydrogens (tertiary/aromatic N) is 2. The molecule has 0 spiro atoms. The first-order chi connectivity index (χ1) is 14.6. The molecule has 1 atom stereocenters. The molecule has 2 aromatic carbocycles. The summed E-state index contributed by atoms with van der Waals surface area (Å²) < 4.78 is 0. The Bertz CT molecular complexity index is 1140. The molecule has 0 fully saturated rings. The topological polar surface area (TPSA) is 101 Å². The number of hydrogen-bond donors (Lipinski definition) is 1. The molecule has 7 nitrogen and oxygen atoms in total. The molecule has 1 heterocycles. The van der Waals surface area contributed by atoms with Crippen molar-refractivity contribution in [2.75, 3.05) is 4.90 Å². The van der Waals surface area contributed by atoms with Crippen molar-refractivity contribution in [2.24, 2.45) is 5.41 Å². The van der Waals surface area contributed by atoms with E-state index >= 15 is 0 Å².